The Morgan fingerprint density at radius 1 is 1.08 bits per heavy atom. The van der Waals surface area contributed by atoms with Crippen LogP contribution in [0.2, 0.25) is 0 Å². The molecule has 0 amide bonds. The molecule has 0 bridgehead atoms. The first-order chi connectivity index (χ1) is 12.2. The average Bonchev–Trinajstić information content (AvgIpc) is 2.93. The maximum absolute atomic E-state index is 16.8. The van der Waals surface area contributed by atoms with Gasteiger partial charge in [-0.1, -0.05) is 13.8 Å². The number of aliphatic hydroxyl groups is 3. The topological polar surface area (TPSA) is 77.8 Å². The number of halogens is 1. The fraction of sp³-hybridized carbons (Fsp3) is 0.952. The van der Waals surface area contributed by atoms with Gasteiger partial charge in [0, 0.05) is 11.3 Å². The van der Waals surface area contributed by atoms with Crippen molar-refractivity contribution in [2.24, 2.45) is 34.5 Å². The van der Waals surface area contributed by atoms with Gasteiger partial charge >= 0.3 is 0 Å². The van der Waals surface area contributed by atoms with Crippen LogP contribution in [-0.2, 0) is 4.79 Å². The van der Waals surface area contributed by atoms with Gasteiger partial charge in [-0.2, -0.15) is 0 Å². The average molecular weight is 368 g/mol. The standard InChI is InChI=1S/C21H33FO4/c1-19-10-18(26)21(22)15(14(19)5-6-16(19)17(25)11-23)4-3-12-9-13(24)7-8-20(12,21)2/h12-16,18,23-24,26H,3-11H2,1-2H3/t12?,13?,14-,15-,16+,18?,19-,20-,21-/m0/s1. The molecule has 0 aromatic carbocycles. The van der Waals surface area contributed by atoms with Crippen LogP contribution in [0.5, 0.6) is 0 Å². The zero-order valence-corrected chi connectivity index (χ0v) is 16.0. The highest BCUT2D eigenvalue weighted by Gasteiger charge is 2.71. The van der Waals surface area contributed by atoms with E-state index in [0.29, 0.717) is 32.1 Å². The number of aliphatic hydroxyl groups excluding tert-OH is 3. The molecule has 9 atom stereocenters. The molecule has 0 heterocycles. The molecule has 0 spiro atoms. The zero-order chi connectivity index (χ0) is 18.9. The summed E-state index contributed by atoms with van der Waals surface area (Å²) in [6.07, 6.45) is 3.83. The molecule has 4 nitrogen and oxygen atoms in total. The van der Waals surface area contributed by atoms with E-state index in [1.165, 1.54) is 0 Å². The van der Waals surface area contributed by atoms with Crippen LogP contribution in [0, 0.1) is 34.5 Å². The van der Waals surface area contributed by atoms with Crippen molar-refractivity contribution in [1.29, 1.82) is 0 Å². The van der Waals surface area contributed by atoms with Gasteiger partial charge in [0.15, 0.2) is 5.78 Å². The molecule has 0 saturated heterocycles. The largest absolute Gasteiger partial charge is 0.393 e. The molecular formula is C21H33FO4. The SMILES string of the molecule is C[C@]12CC(O)[C@@]3(F)[C@@H](CCC4CC(O)CC[C@@]43C)[C@@H]1CC[C@@H]2C(=O)CO. The van der Waals surface area contributed by atoms with Crippen molar-refractivity contribution in [3.05, 3.63) is 0 Å². The Balaban J connectivity index is 1.72. The van der Waals surface area contributed by atoms with E-state index in [2.05, 4.69) is 0 Å². The normalized spacial score (nSPS) is 56.4. The minimum absolute atomic E-state index is 0.0843. The van der Waals surface area contributed by atoms with Gasteiger partial charge in [-0.3, -0.25) is 4.79 Å². The lowest BCUT2D eigenvalue weighted by Crippen LogP contribution is -2.69. The van der Waals surface area contributed by atoms with Crippen molar-refractivity contribution in [2.45, 2.75) is 83.1 Å². The summed E-state index contributed by atoms with van der Waals surface area (Å²) in [5.41, 5.74) is -2.66. The smallest absolute Gasteiger partial charge is 0.161 e. The Kier molecular flexibility index (Phi) is 4.33. The van der Waals surface area contributed by atoms with Crippen LogP contribution in [0.25, 0.3) is 0 Å². The van der Waals surface area contributed by atoms with Crippen LogP contribution < -0.4 is 0 Å². The van der Waals surface area contributed by atoms with Crippen LogP contribution in [0.15, 0.2) is 0 Å². The maximum Gasteiger partial charge on any atom is 0.161 e. The Morgan fingerprint density at radius 3 is 2.46 bits per heavy atom. The highest BCUT2D eigenvalue weighted by molar-refractivity contribution is 5.83. The molecule has 4 aliphatic carbocycles. The third-order valence-corrected chi connectivity index (χ3v) is 9.25. The highest BCUT2D eigenvalue weighted by atomic mass is 19.1. The van der Waals surface area contributed by atoms with Gasteiger partial charge < -0.3 is 15.3 Å². The van der Waals surface area contributed by atoms with Gasteiger partial charge in [-0.05, 0) is 74.5 Å². The van der Waals surface area contributed by atoms with Crippen molar-refractivity contribution in [3.8, 4) is 0 Å². The Hall–Kier alpha value is -0.520. The van der Waals surface area contributed by atoms with Crippen LogP contribution in [0.1, 0.15) is 65.2 Å². The van der Waals surface area contributed by atoms with E-state index >= 15 is 4.39 Å². The molecule has 0 radical (unpaired) electrons. The fourth-order valence-corrected chi connectivity index (χ4v) is 7.88. The second-order valence-corrected chi connectivity index (χ2v) is 10.1. The van der Waals surface area contributed by atoms with E-state index in [1.807, 2.05) is 13.8 Å². The molecule has 148 valence electrons. The van der Waals surface area contributed by atoms with Crippen LogP contribution in [0.4, 0.5) is 4.39 Å². The van der Waals surface area contributed by atoms with E-state index in [0.717, 1.165) is 19.3 Å². The van der Waals surface area contributed by atoms with Crippen LogP contribution >= 0.6 is 0 Å². The summed E-state index contributed by atoms with van der Waals surface area (Å²) in [6, 6.07) is 0. The van der Waals surface area contributed by atoms with Crippen molar-refractivity contribution in [1.82, 2.24) is 0 Å². The first kappa shape index (κ1) is 18.8. The lowest BCUT2D eigenvalue weighted by Gasteiger charge is -2.65. The number of carbonyl (C=O) groups excluding carboxylic acids is 1. The van der Waals surface area contributed by atoms with E-state index in [1.54, 1.807) is 0 Å². The number of fused-ring (bicyclic) bond motifs is 5. The molecule has 0 aliphatic heterocycles. The molecule has 3 unspecified atom stereocenters. The third kappa shape index (κ3) is 2.20. The number of carbonyl (C=O) groups is 1. The maximum atomic E-state index is 16.8. The predicted molar refractivity (Wildman–Crippen MR) is 95.1 cm³/mol. The minimum atomic E-state index is -1.64. The van der Waals surface area contributed by atoms with Crippen molar-refractivity contribution in [3.63, 3.8) is 0 Å². The molecule has 4 aliphatic rings. The van der Waals surface area contributed by atoms with Gasteiger partial charge in [-0.25, -0.2) is 4.39 Å². The summed E-state index contributed by atoms with van der Waals surface area (Å²) < 4.78 is 16.8. The number of alkyl halides is 1. The van der Waals surface area contributed by atoms with Crippen molar-refractivity contribution >= 4 is 5.78 Å². The second-order valence-electron chi connectivity index (χ2n) is 10.1. The van der Waals surface area contributed by atoms with Crippen molar-refractivity contribution < 1.29 is 24.5 Å². The van der Waals surface area contributed by atoms with E-state index in [9.17, 15) is 20.1 Å². The number of rotatable bonds is 2. The molecule has 0 aromatic heterocycles. The molecule has 26 heavy (non-hydrogen) atoms. The quantitative estimate of drug-likeness (QED) is 0.700. The molecular weight excluding hydrogens is 335 g/mol. The minimum Gasteiger partial charge on any atom is -0.393 e. The van der Waals surface area contributed by atoms with E-state index < -0.39 is 29.2 Å². The lowest BCUT2D eigenvalue weighted by atomic mass is 9.42. The summed E-state index contributed by atoms with van der Waals surface area (Å²) in [7, 11) is 0. The van der Waals surface area contributed by atoms with Gasteiger partial charge in [0.25, 0.3) is 0 Å². The van der Waals surface area contributed by atoms with Crippen LogP contribution in [-0.4, -0.2) is 45.6 Å². The van der Waals surface area contributed by atoms with Gasteiger partial charge in [-0.15, -0.1) is 0 Å². The van der Waals surface area contributed by atoms with Gasteiger partial charge in [0.2, 0.25) is 0 Å². The van der Waals surface area contributed by atoms with Gasteiger partial charge in [0.05, 0.1) is 12.2 Å². The van der Waals surface area contributed by atoms with Gasteiger partial charge in [0.1, 0.15) is 12.3 Å². The first-order valence-electron chi connectivity index (χ1n) is 10.4. The summed E-state index contributed by atoms with van der Waals surface area (Å²) >= 11 is 0. The number of hydrogen-bond acceptors (Lipinski definition) is 4. The predicted octanol–water partition coefficient (Wildman–Crippen LogP) is 2.63. The molecule has 4 saturated carbocycles. The third-order valence-electron chi connectivity index (χ3n) is 9.25. The number of Topliss-reactive ketones (excluding diaryl/α,β-unsaturated/α-hetero) is 1. The Morgan fingerprint density at radius 2 is 1.77 bits per heavy atom. The Labute approximate surface area is 155 Å². The van der Waals surface area contributed by atoms with E-state index in [-0.39, 0.29) is 35.6 Å². The molecule has 4 fully saturated rings. The molecule has 3 N–H and O–H groups in total. The number of hydrogen-bond donors (Lipinski definition) is 3. The fourth-order valence-electron chi connectivity index (χ4n) is 7.88. The highest BCUT2D eigenvalue weighted by Crippen LogP contribution is 2.70. The summed E-state index contributed by atoms with van der Waals surface area (Å²) in [5.74, 6) is -0.460. The van der Waals surface area contributed by atoms with E-state index in [4.69, 9.17) is 0 Å². The lowest BCUT2D eigenvalue weighted by molar-refractivity contribution is -0.249. The Bertz CT molecular complexity index is 597. The molecule has 5 heteroatoms. The second kappa shape index (κ2) is 5.99. The van der Waals surface area contributed by atoms with Crippen molar-refractivity contribution in [2.75, 3.05) is 6.61 Å². The zero-order valence-electron chi connectivity index (χ0n) is 16.0. The summed E-state index contributed by atoms with van der Waals surface area (Å²) in [5, 5.41) is 30.5. The number of ketones is 1. The summed E-state index contributed by atoms with van der Waals surface area (Å²) in [4.78, 5) is 12.3. The first-order valence-corrected chi connectivity index (χ1v) is 10.4. The monoisotopic (exact) mass is 368 g/mol. The summed E-state index contributed by atoms with van der Waals surface area (Å²) in [6.45, 7) is 3.56. The molecule has 0 aromatic rings. The molecule has 4 rings (SSSR count). The van der Waals surface area contributed by atoms with Crippen LogP contribution in [0.3, 0.4) is 0 Å².